The Kier molecular flexibility index (Phi) is 2.32. The fourth-order valence-electron chi connectivity index (χ4n) is 3.10. The molecule has 0 unspecified atom stereocenters. The number of fused-ring (bicyclic) bond motifs is 5. The average molecular weight is 226 g/mol. The number of hydrogen-bond donors (Lipinski definition) is 0. The van der Waals surface area contributed by atoms with Crippen molar-refractivity contribution in [2.75, 3.05) is 0 Å². The minimum absolute atomic E-state index is 0.266. The van der Waals surface area contributed by atoms with Crippen LogP contribution in [0.15, 0.2) is 36.8 Å². The molecule has 1 aliphatic carbocycles. The maximum atomic E-state index is 4.28. The summed E-state index contributed by atoms with van der Waals surface area (Å²) >= 11 is 0. The standard InChI is InChI=1S/C13H12N2.C2H6/c1-2-5-11-10(4-1)12-8-14-9-15(12)13(11)6-3-7-13;1-2/h1-2,4-5,8-9H,3,6-7H2;1-2H3. The summed E-state index contributed by atoms with van der Waals surface area (Å²) in [6, 6.07) is 8.77. The molecule has 1 aromatic heterocycles. The van der Waals surface area contributed by atoms with Crippen molar-refractivity contribution in [2.24, 2.45) is 0 Å². The van der Waals surface area contributed by atoms with E-state index in [4.69, 9.17) is 0 Å². The van der Waals surface area contributed by atoms with Crippen LogP contribution in [-0.4, -0.2) is 9.55 Å². The van der Waals surface area contributed by atoms with Crippen molar-refractivity contribution in [3.8, 4) is 11.3 Å². The summed E-state index contributed by atoms with van der Waals surface area (Å²) in [5.74, 6) is 0. The Hall–Kier alpha value is -1.57. The van der Waals surface area contributed by atoms with Crippen molar-refractivity contribution in [1.82, 2.24) is 9.55 Å². The van der Waals surface area contributed by atoms with Gasteiger partial charge in [-0.25, -0.2) is 4.98 Å². The van der Waals surface area contributed by atoms with Crippen molar-refractivity contribution in [1.29, 1.82) is 0 Å². The highest BCUT2D eigenvalue weighted by atomic mass is 15.2. The van der Waals surface area contributed by atoms with E-state index in [0.717, 1.165) is 0 Å². The molecule has 0 radical (unpaired) electrons. The molecule has 0 saturated heterocycles. The minimum Gasteiger partial charge on any atom is -0.320 e. The van der Waals surface area contributed by atoms with Gasteiger partial charge in [-0.2, -0.15) is 0 Å². The maximum absolute atomic E-state index is 4.28. The average Bonchev–Trinajstić information content (AvgIpc) is 2.88. The van der Waals surface area contributed by atoms with Crippen LogP contribution in [0.4, 0.5) is 0 Å². The summed E-state index contributed by atoms with van der Waals surface area (Å²) in [6.07, 6.45) is 7.87. The first-order chi connectivity index (χ1) is 8.42. The van der Waals surface area contributed by atoms with E-state index in [1.807, 2.05) is 26.4 Å². The van der Waals surface area contributed by atoms with E-state index in [0.29, 0.717) is 0 Å². The number of benzene rings is 1. The SMILES string of the molecule is CC.c1ccc2c(c1)-c1cncn1C21CCC1. The lowest BCUT2D eigenvalue weighted by Gasteiger charge is -2.41. The molecule has 2 aliphatic rings. The zero-order valence-corrected chi connectivity index (χ0v) is 10.5. The van der Waals surface area contributed by atoms with Crippen LogP contribution in [0, 0.1) is 0 Å². The van der Waals surface area contributed by atoms with Gasteiger partial charge in [0.1, 0.15) is 0 Å². The smallest absolute Gasteiger partial charge is 0.0958 e. The van der Waals surface area contributed by atoms with Crippen LogP contribution < -0.4 is 0 Å². The highest BCUT2D eigenvalue weighted by molar-refractivity contribution is 5.71. The summed E-state index contributed by atoms with van der Waals surface area (Å²) < 4.78 is 2.38. The zero-order chi connectivity index (χ0) is 11.9. The van der Waals surface area contributed by atoms with Gasteiger partial charge in [0.05, 0.1) is 23.8 Å². The number of aromatic nitrogens is 2. The lowest BCUT2D eigenvalue weighted by atomic mass is 9.72. The highest BCUT2D eigenvalue weighted by Crippen LogP contribution is 2.53. The molecular formula is C15H18N2. The molecule has 2 aromatic rings. The van der Waals surface area contributed by atoms with Gasteiger partial charge in [-0.1, -0.05) is 38.1 Å². The molecule has 1 spiro atoms. The molecule has 2 heteroatoms. The normalized spacial score (nSPS) is 17.8. The van der Waals surface area contributed by atoms with Gasteiger partial charge < -0.3 is 4.57 Å². The van der Waals surface area contributed by atoms with Crippen molar-refractivity contribution >= 4 is 0 Å². The van der Waals surface area contributed by atoms with Gasteiger partial charge >= 0.3 is 0 Å². The number of nitrogens with zero attached hydrogens (tertiary/aromatic N) is 2. The second-order valence-corrected chi connectivity index (χ2v) is 4.58. The van der Waals surface area contributed by atoms with Crippen LogP contribution >= 0.6 is 0 Å². The molecule has 0 N–H and O–H groups in total. The second-order valence-electron chi connectivity index (χ2n) is 4.58. The van der Waals surface area contributed by atoms with Crippen molar-refractivity contribution in [2.45, 2.75) is 38.6 Å². The molecule has 2 heterocycles. The molecule has 0 amide bonds. The Labute approximate surface area is 102 Å². The van der Waals surface area contributed by atoms with Gasteiger partial charge in [0.2, 0.25) is 0 Å². The Morgan fingerprint density at radius 1 is 1.18 bits per heavy atom. The Morgan fingerprint density at radius 2 is 1.94 bits per heavy atom. The minimum atomic E-state index is 0.266. The summed E-state index contributed by atoms with van der Waals surface area (Å²) in [4.78, 5) is 4.28. The molecule has 4 rings (SSSR count). The first kappa shape index (κ1) is 10.6. The monoisotopic (exact) mass is 226 g/mol. The summed E-state index contributed by atoms with van der Waals surface area (Å²) in [5, 5.41) is 0. The largest absolute Gasteiger partial charge is 0.320 e. The summed E-state index contributed by atoms with van der Waals surface area (Å²) in [6.45, 7) is 4.00. The van der Waals surface area contributed by atoms with Crippen LogP contribution in [0.2, 0.25) is 0 Å². The lowest BCUT2D eigenvalue weighted by molar-refractivity contribution is 0.208. The number of hydrogen-bond acceptors (Lipinski definition) is 1. The first-order valence-electron chi connectivity index (χ1n) is 6.54. The Morgan fingerprint density at radius 3 is 2.65 bits per heavy atom. The third kappa shape index (κ3) is 1.18. The van der Waals surface area contributed by atoms with Crippen LogP contribution in [0.1, 0.15) is 38.7 Å². The predicted octanol–water partition coefficient (Wildman–Crippen LogP) is 3.82. The van der Waals surface area contributed by atoms with Gasteiger partial charge in [-0.05, 0) is 24.8 Å². The van der Waals surface area contributed by atoms with Crippen LogP contribution in [-0.2, 0) is 5.54 Å². The molecular weight excluding hydrogens is 208 g/mol. The first-order valence-corrected chi connectivity index (χ1v) is 6.54. The summed E-state index contributed by atoms with van der Waals surface area (Å²) in [5.41, 5.74) is 4.45. The van der Waals surface area contributed by atoms with E-state index in [1.54, 1.807) is 0 Å². The Bertz CT molecular complexity index is 535. The van der Waals surface area contributed by atoms with E-state index < -0.39 is 0 Å². The van der Waals surface area contributed by atoms with Crippen LogP contribution in [0.5, 0.6) is 0 Å². The quantitative estimate of drug-likeness (QED) is 0.667. The van der Waals surface area contributed by atoms with E-state index in [9.17, 15) is 0 Å². The van der Waals surface area contributed by atoms with Crippen molar-refractivity contribution in [3.63, 3.8) is 0 Å². The van der Waals surface area contributed by atoms with Gasteiger partial charge in [0.15, 0.2) is 0 Å². The second kappa shape index (κ2) is 3.73. The fourth-order valence-corrected chi connectivity index (χ4v) is 3.10. The maximum Gasteiger partial charge on any atom is 0.0958 e. The van der Waals surface area contributed by atoms with E-state index in [2.05, 4.69) is 33.8 Å². The van der Waals surface area contributed by atoms with E-state index in [1.165, 1.54) is 36.1 Å². The number of rotatable bonds is 0. The van der Waals surface area contributed by atoms with E-state index >= 15 is 0 Å². The molecule has 0 bridgehead atoms. The fraction of sp³-hybridized carbons (Fsp3) is 0.400. The van der Waals surface area contributed by atoms with E-state index in [-0.39, 0.29) is 5.54 Å². The molecule has 1 aromatic carbocycles. The van der Waals surface area contributed by atoms with Crippen molar-refractivity contribution < 1.29 is 0 Å². The Balaban J connectivity index is 0.000000431. The molecule has 1 fully saturated rings. The molecule has 88 valence electrons. The van der Waals surface area contributed by atoms with Gasteiger partial charge in [0, 0.05) is 5.56 Å². The molecule has 17 heavy (non-hydrogen) atoms. The lowest BCUT2D eigenvalue weighted by Crippen LogP contribution is -2.38. The van der Waals surface area contributed by atoms with Crippen molar-refractivity contribution in [3.05, 3.63) is 42.4 Å². The van der Waals surface area contributed by atoms with Gasteiger partial charge in [-0.15, -0.1) is 0 Å². The summed E-state index contributed by atoms with van der Waals surface area (Å²) in [7, 11) is 0. The highest BCUT2D eigenvalue weighted by Gasteiger charge is 2.46. The van der Waals surface area contributed by atoms with Crippen LogP contribution in [0.3, 0.4) is 0 Å². The molecule has 0 atom stereocenters. The topological polar surface area (TPSA) is 17.8 Å². The van der Waals surface area contributed by atoms with Gasteiger partial charge in [0.25, 0.3) is 0 Å². The zero-order valence-electron chi connectivity index (χ0n) is 10.5. The molecule has 1 saturated carbocycles. The van der Waals surface area contributed by atoms with Crippen LogP contribution in [0.25, 0.3) is 11.3 Å². The molecule has 2 nitrogen and oxygen atoms in total. The third-order valence-electron chi connectivity index (χ3n) is 3.98. The number of imidazole rings is 1. The molecule has 1 aliphatic heterocycles. The predicted molar refractivity (Wildman–Crippen MR) is 69.9 cm³/mol. The third-order valence-corrected chi connectivity index (χ3v) is 3.98. The van der Waals surface area contributed by atoms with Gasteiger partial charge in [-0.3, -0.25) is 0 Å².